The van der Waals surface area contributed by atoms with Crippen LogP contribution in [0.1, 0.15) is 39.5 Å². The van der Waals surface area contributed by atoms with Gasteiger partial charge in [-0.25, -0.2) is 4.79 Å². The standard InChI is InChI=1S/C18H17BrClN3O4S/c1-2-27-18(26)23-4-3-9-12(7-23)28-17-13(9)16(25)21-15(22-17)10-5-8(19)6-11(20)14(10)24/h5-6,15,22,24H,2-4,7H2,1H3,(H,21,25)/t15-/m0/s1. The number of thiophene rings is 1. The van der Waals surface area contributed by atoms with Crippen molar-refractivity contribution in [3.63, 3.8) is 0 Å². The van der Waals surface area contributed by atoms with E-state index in [0.717, 1.165) is 15.4 Å². The number of nitrogens with one attached hydrogen (secondary N) is 2. The Hall–Kier alpha value is -1.97. The van der Waals surface area contributed by atoms with Crippen molar-refractivity contribution in [1.29, 1.82) is 0 Å². The maximum absolute atomic E-state index is 12.8. The van der Waals surface area contributed by atoms with Crippen LogP contribution in [0.2, 0.25) is 5.02 Å². The molecule has 4 rings (SSSR count). The SMILES string of the molecule is CCOC(=O)N1CCc2c(sc3c2C(=O)N[C@H](c2cc(Br)cc(Cl)c2O)N3)C1. The Morgan fingerprint density at radius 1 is 1.46 bits per heavy atom. The van der Waals surface area contributed by atoms with Gasteiger partial charge < -0.3 is 25.4 Å². The summed E-state index contributed by atoms with van der Waals surface area (Å²) in [4.78, 5) is 27.5. The highest BCUT2D eigenvalue weighted by Crippen LogP contribution is 2.43. The zero-order chi connectivity index (χ0) is 20.0. The summed E-state index contributed by atoms with van der Waals surface area (Å²) >= 11 is 10.9. The number of carbonyl (C=O) groups excluding carboxylic acids is 2. The van der Waals surface area contributed by atoms with Crippen molar-refractivity contribution >= 4 is 55.9 Å². The van der Waals surface area contributed by atoms with E-state index in [1.54, 1.807) is 24.0 Å². The molecule has 1 atom stereocenters. The minimum absolute atomic E-state index is 0.0825. The highest BCUT2D eigenvalue weighted by molar-refractivity contribution is 9.10. The van der Waals surface area contributed by atoms with Gasteiger partial charge in [0.15, 0.2) is 0 Å². The molecule has 0 aliphatic carbocycles. The number of phenolic OH excluding ortho intramolecular Hbond substituents is 1. The summed E-state index contributed by atoms with van der Waals surface area (Å²) in [6.45, 7) is 3.02. The van der Waals surface area contributed by atoms with Crippen LogP contribution in [0, 0.1) is 0 Å². The molecule has 2 aromatic rings. The number of carbonyl (C=O) groups is 2. The van der Waals surface area contributed by atoms with E-state index in [0.29, 0.717) is 41.7 Å². The van der Waals surface area contributed by atoms with Crippen LogP contribution >= 0.6 is 38.9 Å². The minimum atomic E-state index is -0.615. The maximum Gasteiger partial charge on any atom is 0.410 e. The second kappa shape index (κ2) is 7.46. The fourth-order valence-electron chi connectivity index (χ4n) is 3.45. The van der Waals surface area contributed by atoms with Gasteiger partial charge in [-0.1, -0.05) is 27.5 Å². The first kappa shape index (κ1) is 19.4. The summed E-state index contributed by atoms with van der Waals surface area (Å²) in [5.41, 5.74) is 2.04. The number of nitrogens with zero attached hydrogens (tertiary/aromatic N) is 1. The van der Waals surface area contributed by atoms with Crippen molar-refractivity contribution < 1.29 is 19.4 Å². The molecule has 0 radical (unpaired) electrons. The molecule has 0 saturated heterocycles. The molecule has 1 aromatic heterocycles. The first-order chi connectivity index (χ1) is 13.4. The summed E-state index contributed by atoms with van der Waals surface area (Å²) in [6, 6.07) is 3.30. The molecule has 28 heavy (non-hydrogen) atoms. The van der Waals surface area contributed by atoms with Crippen LogP contribution in [0.4, 0.5) is 9.80 Å². The van der Waals surface area contributed by atoms with Crippen molar-refractivity contribution in [1.82, 2.24) is 10.2 Å². The normalized spacial score (nSPS) is 18.0. The Balaban J connectivity index is 1.64. The molecule has 0 fully saturated rings. The van der Waals surface area contributed by atoms with Crippen LogP contribution in [-0.4, -0.2) is 35.2 Å². The van der Waals surface area contributed by atoms with Crippen LogP contribution in [0.5, 0.6) is 5.75 Å². The van der Waals surface area contributed by atoms with Gasteiger partial charge in [0.2, 0.25) is 0 Å². The molecule has 0 unspecified atom stereocenters. The summed E-state index contributed by atoms with van der Waals surface area (Å²) in [5, 5.41) is 17.4. The van der Waals surface area contributed by atoms with Crippen LogP contribution < -0.4 is 10.6 Å². The minimum Gasteiger partial charge on any atom is -0.506 e. The van der Waals surface area contributed by atoms with E-state index >= 15 is 0 Å². The summed E-state index contributed by atoms with van der Waals surface area (Å²) < 4.78 is 5.78. The van der Waals surface area contributed by atoms with Crippen molar-refractivity contribution in [3.8, 4) is 5.75 Å². The monoisotopic (exact) mass is 485 g/mol. The first-order valence-corrected chi connectivity index (χ1v) is 10.7. The number of amides is 2. The number of hydrogen-bond donors (Lipinski definition) is 3. The summed E-state index contributed by atoms with van der Waals surface area (Å²) in [7, 11) is 0. The molecule has 2 aliphatic rings. The van der Waals surface area contributed by atoms with Gasteiger partial charge in [0.05, 0.1) is 23.7 Å². The third-order valence-corrected chi connectivity index (χ3v) is 6.62. The average Bonchev–Trinajstić information content (AvgIpc) is 3.02. The van der Waals surface area contributed by atoms with Gasteiger partial charge >= 0.3 is 6.09 Å². The van der Waals surface area contributed by atoms with Gasteiger partial charge in [-0.2, -0.15) is 0 Å². The average molecular weight is 487 g/mol. The van der Waals surface area contributed by atoms with Crippen LogP contribution in [-0.2, 0) is 17.7 Å². The topological polar surface area (TPSA) is 90.9 Å². The number of ether oxygens (including phenoxy) is 1. The third kappa shape index (κ3) is 3.31. The Bertz CT molecular complexity index is 980. The van der Waals surface area contributed by atoms with Crippen LogP contribution in [0.3, 0.4) is 0 Å². The number of fused-ring (bicyclic) bond motifs is 3. The largest absolute Gasteiger partial charge is 0.506 e. The molecule has 0 spiro atoms. The predicted octanol–water partition coefficient (Wildman–Crippen LogP) is 4.24. The third-order valence-electron chi connectivity index (χ3n) is 4.73. The van der Waals surface area contributed by atoms with Crippen molar-refractivity contribution in [2.24, 2.45) is 0 Å². The Kier molecular flexibility index (Phi) is 5.15. The van der Waals surface area contributed by atoms with Gasteiger partial charge in [0, 0.05) is 21.5 Å². The number of anilines is 1. The molecule has 3 heterocycles. The van der Waals surface area contributed by atoms with E-state index < -0.39 is 6.17 Å². The molecule has 0 saturated carbocycles. The van der Waals surface area contributed by atoms with E-state index in [2.05, 4.69) is 26.6 Å². The van der Waals surface area contributed by atoms with E-state index in [4.69, 9.17) is 16.3 Å². The Morgan fingerprint density at radius 3 is 3.00 bits per heavy atom. The fraction of sp³-hybridized carbons (Fsp3) is 0.333. The lowest BCUT2D eigenvalue weighted by molar-refractivity contribution is 0.0934. The molecule has 2 amide bonds. The quantitative estimate of drug-likeness (QED) is 0.591. The summed E-state index contributed by atoms with van der Waals surface area (Å²) in [6.07, 6.45) is -0.368. The molecule has 2 aliphatic heterocycles. The Labute approximate surface area is 178 Å². The smallest absolute Gasteiger partial charge is 0.410 e. The lowest BCUT2D eigenvalue weighted by Gasteiger charge is -2.28. The van der Waals surface area contributed by atoms with E-state index in [1.165, 1.54) is 11.3 Å². The molecular weight excluding hydrogens is 470 g/mol. The van der Waals surface area contributed by atoms with Gasteiger partial charge in [-0.3, -0.25) is 4.79 Å². The Morgan fingerprint density at radius 2 is 2.25 bits per heavy atom. The van der Waals surface area contributed by atoms with E-state index in [9.17, 15) is 14.7 Å². The number of aromatic hydroxyl groups is 1. The van der Waals surface area contributed by atoms with Crippen molar-refractivity contribution in [2.75, 3.05) is 18.5 Å². The van der Waals surface area contributed by atoms with E-state index in [1.807, 2.05) is 0 Å². The van der Waals surface area contributed by atoms with E-state index in [-0.39, 0.29) is 22.8 Å². The highest BCUT2D eigenvalue weighted by Gasteiger charge is 2.35. The number of halogens is 2. The number of hydrogen-bond acceptors (Lipinski definition) is 6. The lowest BCUT2D eigenvalue weighted by Crippen LogP contribution is -2.39. The van der Waals surface area contributed by atoms with Gasteiger partial charge in [0.1, 0.15) is 16.9 Å². The second-order valence-corrected chi connectivity index (χ2v) is 8.88. The number of rotatable bonds is 2. The molecule has 148 valence electrons. The summed E-state index contributed by atoms with van der Waals surface area (Å²) in [5.74, 6) is -0.294. The zero-order valence-corrected chi connectivity index (χ0v) is 18.0. The van der Waals surface area contributed by atoms with Gasteiger partial charge in [-0.15, -0.1) is 11.3 Å². The molecule has 3 N–H and O–H groups in total. The molecular formula is C18H17BrClN3O4S. The molecule has 0 bridgehead atoms. The van der Waals surface area contributed by atoms with Gasteiger partial charge in [0.25, 0.3) is 5.91 Å². The highest BCUT2D eigenvalue weighted by atomic mass is 79.9. The number of phenols is 1. The fourth-order valence-corrected chi connectivity index (χ4v) is 5.57. The molecule has 7 nitrogen and oxygen atoms in total. The molecule has 1 aromatic carbocycles. The zero-order valence-electron chi connectivity index (χ0n) is 14.8. The van der Waals surface area contributed by atoms with Crippen molar-refractivity contribution in [2.45, 2.75) is 26.1 Å². The second-order valence-electron chi connectivity index (χ2n) is 6.45. The van der Waals surface area contributed by atoms with Crippen LogP contribution in [0.25, 0.3) is 0 Å². The maximum atomic E-state index is 12.8. The number of benzene rings is 1. The molecule has 10 heteroatoms. The first-order valence-electron chi connectivity index (χ1n) is 8.70. The van der Waals surface area contributed by atoms with Crippen molar-refractivity contribution in [3.05, 3.63) is 43.2 Å². The lowest BCUT2D eigenvalue weighted by atomic mass is 10.0. The van der Waals surface area contributed by atoms with Crippen LogP contribution in [0.15, 0.2) is 16.6 Å². The van der Waals surface area contributed by atoms with Gasteiger partial charge in [-0.05, 0) is 31.0 Å². The predicted molar refractivity (Wildman–Crippen MR) is 110 cm³/mol.